The first-order chi connectivity index (χ1) is 12.6. The van der Waals surface area contributed by atoms with Crippen LogP contribution in [0.3, 0.4) is 0 Å². The summed E-state index contributed by atoms with van der Waals surface area (Å²) in [5, 5.41) is 0.982. The number of pyridine rings is 1. The van der Waals surface area contributed by atoms with Gasteiger partial charge in [-0.05, 0) is 31.2 Å². The Morgan fingerprint density at radius 2 is 2.19 bits per heavy atom. The van der Waals surface area contributed by atoms with Crippen LogP contribution in [0.5, 0.6) is 0 Å². The molecular formula is C19H23N3O3S. The van der Waals surface area contributed by atoms with Gasteiger partial charge < -0.3 is 9.47 Å². The summed E-state index contributed by atoms with van der Waals surface area (Å²) in [7, 11) is 0. The fourth-order valence-electron chi connectivity index (χ4n) is 3.50. The van der Waals surface area contributed by atoms with Gasteiger partial charge in [-0.25, -0.2) is 0 Å². The lowest BCUT2D eigenvalue weighted by molar-refractivity contribution is -0.146. The zero-order chi connectivity index (χ0) is 18.0. The van der Waals surface area contributed by atoms with E-state index in [-0.39, 0.29) is 12.5 Å². The Kier molecular flexibility index (Phi) is 5.04. The van der Waals surface area contributed by atoms with Crippen molar-refractivity contribution in [3.05, 3.63) is 47.1 Å². The fourth-order valence-corrected chi connectivity index (χ4v) is 4.38. The lowest BCUT2D eigenvalue weighted by Gasteiger charge is -2.42. The summed E-state index contributed by atoms with van der Waals surface area (Å²) in [6.07, 6.45) is 1.82. The Morgan fingerprint density at radius 1 is 1.27 bits per heavy atom. The molecule has 1 amide bonds. The van der Waals surface area contributed by atoms with Gasteiger partial charge in [-0.15, -0.1) is 11.3 Å². The molecule has 1 atom stereocenters. The molecule has 2 fully saturated rings. The number of aromatic nitrogens is 1. The summed E-state index contributed by atoms with van der Waals surface area (Å²) in [4.78, 5) is 22.2. The second-order valence-electron chi connectivity index (χ2n) is 6.92. The van der Waals surface area contributed by atoms with E-state index in [1.165, 1.54) is 4.88 Å². The van der Waals surface area contributed by atoms with Crippen LogP contribution in [0.15, 0.2) is 36.5 Å². The van der Waals surface area contributed by atoms with Gasteiger partial charge in [-0.2, -0.15) is 0 Å². The molecule has 138 valence electrons. The van der Waals surface area contributed by atoms with E-state index in [1.54, 1.807) is 11.3 Å². The van der Waals surface area contributed by atoms with Crippen molar-refractivity contribution in [1.29, 1.82) is 0 Å². The molecule has 7 heteroatoms. The highest BCUT2D eigenvalue weighted by atomic mass is 32.1. The van der Waals surface area contributed by atoms with Crippen molar-refractivity contribution < 1.29 is 14.3 Å². The Balaban J connectivity index is 1.52. The molecule has 2 aliphatic heterocycles. The number of thiophene rings is 1. The molecule has 0 saturated carbocycles. The summed E-state index contributed by atoms with van der Waals surface area (Å²) in [5.74, 6) is 0.0120. The van der Waals surface area contributed by atoms with Crippen molar-refractivity contribution in [1.82, 2.24) is 9.88 Å². The van der Waals surface area contributed by atoms with Crippen LogP contribution in [0.1, 0.15) is 10.6 Å². The fraction of sp³-hybridized carbons (Fsp3) is 0.474. The van der Waals surface area contributed by atoms with E-state index in [0.29, 0.717) is 19.8 Å². The van der Waals surface area contributed by atoms with E-state index >= 15 is 0 Å². The smallest absolute Gasteiger partial charge is 0.253 e. The van der Waals surface area contributed by atoms with Crippen molar-refractivity contribution >= 4 is 22.2 Å². The highest BCUT2D eigenvalue weighted by Gasteiger charge is 2.43. The molecule has 26 heavy (non-hydrogen) atoms. The number of nitrogens with zero attached hydrogens (tertiary/aromatic N) is 3. The molecule has 0 aromatic carbocycles. The van der Waals surface area contributed by atoms with Gasteiger partial charge >= 0.3 is 0 Å². The van der Waals surface area contributed by atoms with Crippen LogP contribution in [0, 0.1) is 6.92 Å². The second-order valence-corrected chi connectivity index (χ2v) is 8.19. The third-order valence-electron chi connectivity index (χ3n) is 4.78. The lowest BCUT2D eigenvalue weighted by atomic mass is 10.0. The maximum atomic E-state index is 12.4. The first-order valence-corrected chi connectivity index (χ1v) is 9.66. The number of carbonyl (C=O) groups is 1. The predicted molar refractivity (Wildman–Crippen MR) is 100 cm³/mol. The first kappa shape index (κ1) is 17.6. The number of morpholine rings is 1. The average molecular weight is 373 g/mol. The van der Waals surface area contributed by atoms with E-state index in [2.05, 4.69) is 16.8 Å². The zero-order valence-corrected chi connectivity index (χ0v) is 15.7. The Hall–Kier alpha value is -1.80. The van der Waals surface area contributed by atoms with Crippen molar-refractivity contribution in [3.8, 4) is 0 Å². The van der Waals surface area contributed by atoms with Gasteiger partial charge in [-0.3, -0.25) is 19.6 Å². The van der Waals surface area contributed by atoms with Crippen molar-refractivity contribution in [2.24, 2.45) is 0 Å². The number of ether oxygens (including phenoxy) is 2. The third kappa shape index (κ3) is 3.81. The number of hydrogen-bond acceptors (Lipinski definition) is 6. The number of hydrogen-bond donors (Lipinski definition) is 0. The summed E-state index contributed by atoms with van der Waals surface area (Å²) in [6, 6.07) is 10.0. The largest absolute Gasteiger partial charge is 0.377 e. The Bertz CT molecular complexity index is 766. The Morgan fingerprint density at radius 3 is 2.96 bits per heavy atom. The minimum atomic E-state index is -0.503. The van der Waals surface area contributed by atoms with E-state index < -0.39 is 5.60 Å². The molecule has 4 rings (SSSR count). The normalized spacial score (nSPS) is 24.8. The van der Waals surface area contributed by atoms with E-state index in [9.17, 15) is 4.79 Å². The van der Waals surface area contributed by atoms with Gasteiger partial charge in [0.25, 0.3) is 5.91 Å². The zero-order valence-electron chi connectivity index (χ0n) is 14.9. The molecule has 4 heterocycles. The molecule has 0 aliphatic carbocycles. The molecule has 0 bridgehead atoms. The van der Waals surface area contributed by atoms with Gasteiger partial charge in [0.15, 0.2) is 0 Å². The standard InChI is InChI=1S/C19H23N3O3S/c1-15-5-6-18(26-15)22-13-19(25-11-17(22)23)12-21(8-9-24-14-19)10-16-4-2-3-7-20-16/h2-7H,8-14H2,1H3/t19-/m0/s1. The number of anilines is 1. The van der Waals surface area contributed by atoms with Gasteiger partial charge in [0.2, 0.25) is 0 Å². The van der Waals surface area contributed by atoms with Gasteiger partial charge in [0.1, 0.15) is 12.2 Å². The molecule has 0 N–H and O–H groups in total. The van der Waals surface area contributed by atoms with Crippen molar-refractivity contribution in [2.45, 2.75) is 19.1 Å². The molecule has 6 nitrogen and oxygen atoms in total. The van der Waals surface area contributed by atoms with Gasteiger partial charge in [-0.1, -0.05) is 6.07 Å². The highest BCUT2D eigenvalue weighted by molar-refractivity contribution is 7.16. The molecule has 2 aromatic heterocycles. The molecule has 1 spiro atoms. The third-order valence-corrected chi connectivity index (χ3v) is 5.81. The monoisotopic (exact) mass is 373 g/mol. The molecule has 0 unspecified atom stereocenters. The first-order valence-electron chi connectivity index (χ1n) is 8.84. The van der Waals surface area contributed by atoms with Crippen LogP contribution in [0.25, 0.3) is 0 Å². The molecule has 2 saturated heterocycles. The van der Waals surface area contributed by atoms with Gasteiger partial charge in [0.05, 0.1) is 30.5 Å². The van der Waals surface area contributed by atoms with Crippen molar-refractivity contribution in [3.63, 3.8) is 0 Å². The summed E-state index contributed by atoms with van der Waals surface area (Å²) < 4.78 is 11.9. The van der Waals surface area contributed by atoms with Crippen LogP contribution in [0.4, 0.5) is 5.00 Å². The van der Waals surface area contributed by atoms with Crippen molar-refractivity contribution in [2.75, 3.05) is 44.4 Å². The quantitative estimate of drug-likeness (QED) is 0.825. The van der Waals surface area contributed by atoms with E-state index in [1.807, 2.05) is 41.4 Å². The maximum Gasteiger partial charge on any atom is 0.253 e. The summed E-state index contributed by atoms with van der Waals surface area (Å²) in [5.41, 5.74) is 0.527. The minimum Gasteiger partial charge on any atom is -0.377 e. The van der Waals surface area contributed by atoms with Crippen LogP contribution >= 0.6 is 11.3 Å². The second kappa shape index (κ2) is 7.44. The number of carbonyl (C=O) groups excluding carboxylic acids is 1. The van der Waals surface area contributed by atoms with Gasteiger partial charge in [0, 0.05) is 30.7 Å². The Labute approximate surface area is 157 Å². The van der Waals surface area contributed by atoms with Crippen LogP contribution < -0.4 is 4.90 Å². The van der Waals surface area contributed by atoms with E-state index in [4.69, 9.17) is 9.47 Å². The SMILES string of the molecule is Cc1ccc(N2C[C@@]3(COCCN(Cc4ccccn4)C3)OCC2=O)s1. The van der Waals surface area contributed by atoms with Crippen LogP contribution in [-0.2, 0) is 20.8 Å². The topological polar surface area (TPSA) is 54.9 Å². The van der Waals surface area contributed by atoms with Crippen LogP contribution in [-0.4, -0.2) is 60.8 Å². The highest BCUT2D eigenvalue weighted by Crippen LogP contribution is 2.31. The predicted octanol–water partition coefficient (Wildman–Crippen LogP) is 2.09. The number of rotatable bonds is 3. The van der Waals surface area contributed by atoms with E-state index in [0.717, 1.165) is 30.3 Å². The lowest BCUT2D eigenvalue weighted by Crippen LogP contribution is -2.60. The maximum absolute atomic E-state index is 12.4. The molecule has 2 aromatic rings. The summed E-state index contributed by atoms with van der Waals surface area (Å²) in [6.45, 7) is 6.12. The molecular weight excluding hydrogens is 350 g/mol. The summed E-state index contributed by atoms with van der Waals surface area (Å²) >= 11 is 1.64. The van der Waals surface area contributed by atoms with Crippen LogP contribution in [0.2, 0.25) is 0 Å². The average Bonchev–Trinajstić information content (AvgIpc) is 2.98. The molecule has 2 aliphatic rings. The number of amides is 1. The minimum absolute atomic E-state index is 0.0120. The number of aryl methyl sites for hydroxylation is 1. The molecule has 0 radical (unpaired) electrons.